The monoisotopic (exact) mass is 265 g/mol. The van der Waals surface area contributed by atoms with Crippen LogP contribution >= 0.6 is 0 Å². The number of hydrogen-bond donors (Lipinski definition) is 2. The van der Waals surface area contributed by atoms with Gasteiger partial charge in [-0.05, 0) is 13.0 Å². The molecule has 0 fully saturated rings. The van der Waals surface area contributed by atoms with Gasteiger partial charge in [-0.2, -0.15) is 0 Å². The lowest BCUT2D eigenvalue weighted by Gasteiger charge is -2.11. The number of hydrogen-bond acceptors (Lipinski definition) is 5. The largest absolute Gasteiger partial charge is 0.466 e. The Bertz CT molecular complexity index is 450. The number of allylic oxidation sites excluding steroid dienone is 1. The van der Waals surface area contributed by atoms with Crippen molar-refractivity contribution in [3.63, 3.8) is 0 Å². The molecule has 0 unspecified atom stereocenters. The molecule has 0 spiro atoms. The van der Waals surface area contributed by atoms with Gasteiger partial charge in [-0.15, -0.1) is 0 Å². The van der Waals surface area contributed by atoms with E-state index in [1.165, 1.54) is 0 Å². The minimum atomic E-state index is -0.300. The van der Waals surface area contributed by atoms with Crippen molar-refractivity contribution in [2.24, 2.45) is 4.99 Å². The van der Waals surface area contributed by atoms with Gasteiger partial charge < -0.3 is 15.4 Å². The maximum Gasteiger partial charge on any atom is 0.309 e. The highest BCUT2D eigenvalue weighted by molar-refractivity contribution is 5.95. The van der Waals surface area contributed by atoms with E-state index >= 15 is 0 Å². The lowest BCUT2D eigenvalue weighted by Crippen LogP contribution is -2.24. The summed E-state index contributed by atoms with van der Waals surface area (Å²) >= 11 is 0. The van der Waals surface area contributed by atoms with Crippen LogP contribution in [-0.4, -0.2) is 38.8 Å². The predicted octanol–water partition coefficient (Wildman–Crippen LogP) is 0.517. The van der Waals surface area contributed by atoms with Crippen LogP contribution in [0.3, 0.4) is 0 Å². The molecule has 0 aromatic heterocycles. The summed E-state index contributed by atoms with van der Waals surface area (Å²) in [5.74, 6) is -0.000989. The lowest BCUT2D eigenvalue weighted by atomic mass is 10.0. The Labute approximate surface area is 112 Å². The van der Waals surface area contributed by atoms with Crippen molar-refractivity contribution >= 4 is 18.1 Å². The summed E-state index contributed by atoms with van der Waals surface area (Å²) in [5, 5.41) is 5.45. The molecule has 1 rings (SSSR count). The number of carbonyl (C=O) groups is 2. The number of nitrogens with zero attached hydrogens (tertiary/aromatic N) is 1. The summed E-state index contributed by atoms with van der Waals surface area (Å²) < 4.78 is 4.90. The van der Waals surface area contributed by atoms with Crippen molar-refractivity contribution in [2.45, 2.75) is 19.8 Å². The van der Waals surface area contributed by atoms with Crippen LogP contribution in [0.25, 0.3) is 0 Å². The van der Waals surface area contributed by atoms with E-state index in [1.54, 1.807) is 33.3 Å². The molecule has 0 atom stereocenters. The van der Waals surface area contributed by atoms with E-state index in [1.807, 2.05) is 0 Å². The van der Waals surface area contributed by atoms with Crippen molar-refractivity contribution in [1.82, 2.24) is 10.6 Å². The molecule has 6 heteroatoms. The van der Waals surface area contributed by atoms with Crippen molar-refractivity contribution < 1.29 is 14.3 Å². The minimum Gasteiger partial charge on any atom is -0.466 e. The summed E-state index contributed by atoms with van der Waals surface area (Å²) in [4.78, 5) is 27.5. The van der Waals surface area contributed by atoms with Crippen molar-refractivity contribution in [2.75, 3.05) is 20.7 Å². The van der Waals surface area contributed by atoms with E-state index in [2.05, 4.69) is 15.6 Å². The summed E-state index contributed by atoms with van der Waals surface area (Å²) in [6.07, 6.45) is 3.85. The number of aliphatic imine (C=N–C) groups is 1. The Morgan fingerprint density at radius 3 is 2.74 bits per heavy atom. The minimum absolute atomic E-state index is 0.164. The van der Waals surface area contributed by atoms with Crippen LogP contribution < -0.4 is 10.6 Å². The van der Waals surface area contributed by atoms with Gasteiger partial charge >= 0.3 is 5.97 Å². The van der Waals surface area contributed by atoms with E-state index in [9.17, 15) is 9.59 Å². The van der Waals surface area contributed by atoms with Gasteiger partial charge in [0, 0.05) is 26.7 Å². The first kappa shape index (κ1) is 14.9. The molecule has 2 N–H and O–H groups in total. The van der Waals surface area contributed by atoms with Crippen LogP contribution in [-0.2, 0) is 14.3 Å². The standard InChI is InChI=1S/C13H19N3O3/c1-4-19-11(17)8-9-5-6-16-12(14-2)10(7-9)13(18)15-3/h5-6,14H,4,7-8H2,1-3H3,(H,15,18). The fourth-order valence-corrected chi connectivity index (χ4v) is 1.74. The van der Waals surface area contributed by atoms with Crippen LogP contribution in [0.2, 0.25) is 0 Å². The van der Waals surface area contributed by atoms with Crippen molar-refractivity contribution in [3.8, 4) is 0 Å². The number of carbonyl (C=O) groups excluding carboxylic acids is 2. The fourth-order valence-electron chi connectivity index (χ4n) is 1.74. The van der Waals surface area contributed by atoms with Gasteiger partial charge in [0.2, 0.25) is 0 Å². The first-order valence-corrected chi connectivity index (χ1v) is 6.13. The average molecular weight is 265 g/mol. The van der Waals surface area contributed by atoms with E-state index in [0.29, 0.717) is 24.4 Å². The first-order chi connectivity index (χ1) is 9.12. The van der Waals surface area contributed by atoms with E-state index in [0.717, 1.165) is 5.57 Å². The Morgan fingerprint density at radius 2 is 2.16 bits per heavy atom. The molecule has 19 heavy (non-hydrogen) atoms. The van der Waals surface area contributed by atoms with Gasteiger partial charge in [0.1, 0.15) is 5.82 Å². The van der Waals surface area contributed by atoms with Crippen LogP contribution in [0.15, 0.2) is 28.0 Å². The fraction of sp³-hybridized carbons (Fsp3) is 0.462. The maximum absolute atomic E-state index is 11.8. The van der Waals surface area contributed by atoms with Gasteiger partial charge in [0.05, 0.1) is 18.6 Å². The molecular formula is C13H19N3O3. The molecule has 0 radical (unpaired) electrons. The zero-order valence-corrected chi connectivity index (χ0v) is 11.4. The molecular weight excluding hydrogens is 246 g/mol. The van der Waals surface area contributed by atoms with Crippen molar-refractivity contribution in [3.05, 3.63) is 23.0 Å². The molecule has 104 valence electrons. The Kier molecular flexibility index (Phi) is 5.78. The quantitative estimate of drug-likeness (QED) is 0.710. The Hall–Kier alpha value is -2.11. The second kappa shape index (κ2) is 7.35. The molecule has 1 heterocycles. The van der Waals surface area contributed by atoms with E-state index in [4.69, 9.17) is 4.74 Å². The molecule has 0 aromatic rings. The molecule has 0 saturated heterocycles. The summed E-state index contributed by atoms with van der Waals surface area (Å²) in [6.45, 7) is 2.11. The number of ether oxygens (including phenoxy) is 1. The molecule has 1 aliphatic heterocycles. The zero-order valence-electron chi connectivity index (χ0n) is 11.4. The number of amides is 1. The summed E-state index contributed by atoms with van der Waals surface area (Å²) in [6, 6.07) is 0. The topological polar surface area (TPSA) is 79.8 Å². The van der Waals surface area contributed by atoms with Crippen LogP contribution in [0, 0.1) is 0 Å². The summed E-state index contributed by atoms with van der Waals surface area (Å²) in [5.41, 5.74) is 1.31. The highest BCUT2D eigenvalue weighted by atomic mass is 16.5. The van der Waals surface area contributed by atoms with Crippen molar-refractivity contribution in [1.29, 1.82) is 0 Å². The molecule has 0 saturated carbocycles. The zero-order chi connectivity index (χ0) is 14.3. The molecule has 1 aliphatic rings. The smallest absolute Gasteiger partial charge is 0.309 e. The molecule has 0 bridgehead atoms. The van der Waals surface area contributed by atoms with Gasteiger partial charge in [0.25, 0.3) is 5.91 Å². The van der Waals surface area contributed by atoms with Gasteiger partial charge in [-0.25, -0.2) is 4.99 Å². The van der Waals surface area contributed by atoms with Gasteiger partial charge in [-0.1, -0.05) is 5.57 Å². The third kappa shape index (κ3) is 4.24. The highest BCUT2D eigenvalue weighted by Crippen LogP contribution is 2.20. The highest BCUT2D eigenvalue weighted by Gasteiger charge is 2.18. The number of likely N-dealkylation sites (N-methyl/N-ethyl adjacent to an activating group) is 1. The maximum atomic E-state index is 11.8. The lowest BCUT2D eigenvalue weighted by molar-refractivity contribution is -0.142. The molecule has 6 nitrogen and oxygen atoms in total. The normalized spacial score (nSPS) is 14.6. The number of rotatable bonds is 5. The van der Waals surface area contributed by atoms with Crippen LogP contribution in [0.1, 0.15) is 19.8 Å². The SMILES string of the molecule is CCOC(=O)CC1=CC=NC(NC)=C(C(=O)NC)C1. The molecule has 0 aromatic carbocycles. The second-order valence-electron chi connectivity index (χ2n) is 3.92. The number of esters is 1. The second-order valence-corrected chi connectivity index (χ2v) is 3.92. The van der Waals surface area contributed by atoms with Crippen LogP contribution in [0.4, 0.5) is 0 Å². The summed E-state index contributed by atoms with van der Waals surface area (Å²) in [7, 11) is 3.26. The molecule has 1 amide bonds. The number of nitrogens with one attached hydrogen (secondary N) is 2. The van der Waals surface area contributed by atoms with Crippen LogP contribution in [0.5, 0.6) is 0 Å². The Balaban J connectivity index is 2.88. The predicted molar refractivity (Wildman–Crippen MR) is 72.6 cm³/mol. The molecule has 0 aliphatic carbocycles. The van der Waals surface area contributed by atoms with Gasteiger partial charge in [0.15, 0.2) is 0 Å². The average Bonchev–Trinajstić information content (AvgIpc) is 2.60. The van der Waals surface area contributed by atoms with E-state index < -0.39 is 0 Å². The third-order valence-corrected chi connectivity index (χ3v) is 2.62. The first-order valence-electron chi connectivity index (χ1n) is 6.13. The third-order valence-electron chi connectivity index (χ3n) is 2.62. The Morgan fingerprint density at radius 1 is 1.42 bits per heavy atom. The van der Waals surface area contributed by atoms with E-state index in [-0.39, 0.29) is 18.3 Å². The van der Waals surface area contributed by atoms with Gasteiger partial charge in [-0.3, -0.25) is 9.59 Å².